The summed E-state index contributed by atoms with van der Waals surface area (Å²) in [5.41, 5.74) is -0.553. The van der Waals surface area contributed by atoms with Gasteiger partial charge in [0.2, 0.25) is 41.4 Å². The van der Waals surface area contributed by atoms with E-state index >= 15 is 9.59 Å². The van der Waals surface area contributed by atoms with Gasteiger partial charge in [0, 0.05) is 47.6 Å². The average Bonchev–Trinajstić information content (AvgIpc) is 3.88. The molecule has 2 aromatic carbocycles. The Morgan fingerprint density at radius 2 is 1.08 bits per heavy atom. The molecule has 2 fully saturated rings. The van der Waals surface area contributed by atoms with Gasteiger partial charge in [0.1, 0.15) is 42.3 Å². The van der Waals surface area contributed by atoms with E-state index in [4.69, 9.17) is 4.74 Å². The van der Waals surface area contributed by atoms with Crippen LogP contribution in [0.15, 0.2) is 60.7 Å². The summed E-state index contributed by atoms with van der Waals surface area (Å²) in [6, 6.07) is 8.08. The Morgan fingerprint density at radius 1 is 0.590 bits per heavy atom. The number of esters is 1. The van der Waals surface area contributed by atoms with Gasteiger partial charge in [-0.2, -0.15) is 0 Å². The summed E-state index contributed by atoms with van der Waals surface area (Å²) in [7, 11) is 5.64. The van der Waals surface area contributed by atoms with Crippen LogP contribution < -0.4 is 16.0 Å². The molecule has 0 spiro atoms. The molecule has 78 heavy (non-hydrogen) atoms. The van der Waals surface area contributed by atoms with Crippen molar-refractivity contribution >= 4 is 53.2 Å². The lowest BCUT2D eigenvalue weighted by Gasteiger charge is -2.39. The maximum Gasteiger partial charge on any atom is 0.332 e. The first-order valence-electron chi connectivity index (χ1n) is 27.7. The zero-order valence-electron chi connectivity index (χ0n) is 49.1. The van der Waals surface area contributed by atoms with Crippen molar-refractivity contribution in [3.05, 3.63) is 71.8 Å². The van der Waals surface area contributed by atoms with Gasteiger partial charge < -0.3 is 50.3 Å². The van der Waals surface area contributed by atoms with E-state index in [1.807, 2.05) is 57.2 Å². The second kappa shape index (κ2) is 28.0. The third kappa shape index (κ3) is 15.9. The molecule has 2 aliphatic heterocycles. The van der Waals surface area contributed by atoms with Crippen LogP contribution in [0.4, 0.5) is 0 Å². The highest BCUT2D eigenvalue weighted by molar-refractivity contribution is 5.99. The van der Waals surface area contributed by atoms with E-state index in [9.17, 15) is 38.7 Å². The predicted molar refractivity (Wildman–Crippen MR) is 297 cm³/mol. The number of likely N-dealkylation sites (N-methyl/N-ethyl adjacent to an activating group) is 4. The van der Waals surface area contributed by atoms with Crippen molar-refractivity contribution in [2.75, 3.05) is 34.7 Å². The second-order valence-corrected chi connectivity index (χ2v) is 23.5. The van der Waals surface area contributed by atoms with Crippen LogP contribution in [0.25, 0.3) is 0 Å². The molecule has 0 bridgehead atoms. The topological polar surface area (TPSA) is 235 Å². The van der Waals surface area contributed by atoms with Gasteiger partial charge >= 0.3 is 5.97 Å². The standard InChI is InChI=1S/C59H90N8O11/c1-17-38(10)45-56(74)64(14)46(35(4)5)51(69)60-41(31-34(2)3)54(72)66(16)49(59(11,12)77)58(76)78-48(37(8)9)57(75)65(15)47(36(6)7)52(70)61-42(32-39-25-20-18-21-26-39)53(71)63(13)44(33-40-27-22-19-23-28-40)55(73)67-30-24-29-43(67)50(68)62-45/h18-23,25-28,34-38,41-49,77H,17,24,29-33H2,1-16H3,(H,60,69)(H,61,70)(H,62,68)/t38-,41-,42-,43-,44-,45-,46-,47-,48+,49+/m0/s1. The van der Waals surface area contributed by atoms with Crippen LogP contribution in [-0.4, -0.2) is 178 Å². The van der Waals surface area contributed by atoms with Gasteiger partial charge in [-0.05, 0) is 73.8 Å². The Bertz CT molecular complexity index is 2410. The van der Waals surface area contributed by atoms with E-state index in [1.54, 1.807) is 72.7 Å². The number of hydrogen-bond acceptors (Lipinski definition) is 11. The van der Waals surface area contributed by atoms with Gasteiger partial charge in [0.05, 0.1) is 5.60 Å². The van der Waals surface area contributed by atoms with Crippen LogP contribution in [0.1, 0.15) is 120 Å². The fourth-order valence-corrected chi connectivity index (χ4v) is 10.8. The largest absolute Gasteiger partial charge is 0.450 e. The Balaban J connectivity index is 1.96. The quantitative estimate of drug-likeness (QED) is 0.222. The summed E-state index contributed by atoms with van der Waals surface area (Å²) < 4.78 is 6.00. The number of amides is 8. The molecule has 8 amide bonds. The van der Waals surface area contributed by atoms with Crippen molar-refractivity contribution in [2.24, 2.45) is 29.6 Å². The molecular formula is C59H90N8O11. The lowest BCUT2D eigenvalue weighted by molar-refractivity contribution is -0.177. The second-order valence-electron chi connectivity index (χ2n) is 23.5. The van der Waals surface area contributed by atoms with Crippen LogP contribution in [0, 0.1) is 29.6 Å². The number of aliphatic hydroxyl groups is 1. The Hall–Kier alpha value is -6.37. The Kier molecular flexibility index (Phi) is 23.0. The van der Waals surface area contributed by atoms with Crippen molar-refractivity contribution in [1.82, 2.24) is 40.4 Å². The van der Waals surface area contributed by atoms with Gasteiger partial charge in [-0.1, -0.05) is 136 Å². The Morgan fingerprint density at radius 3 is 1.55 bits per heavy atom. The summed E-state index contributed by atoms with van der Waals surface area (Å²) >= 11 is 0. The SMILES string of the molecule is CC[C@H](C)[C@@H]1NC(=O)[C@@H]2CCCN2C(=O)[C@H](Cc2ccccc2)N(C)C(=O)[C@H](Cc2ccccc2)NC(=O)[C@H](C(C)C)N(C)C(=O)[C@@H](C(C)C)OC(=O)[C@H](C(C)(C)O)N(C)C(=O)[C@H](CC(C)C)NC(=O)[C@H](C(C)C)N(C)C1=O. The number of fused-ring (bicyclic) bond motifs is 1. The molecule has 4 rings (SSSR count). The number of ether oxygens (including phenoxy) is 1. The lowest BCUT2D eigenvalue weighted by atomic mass is 9.93. The molecule has 0 aliphatic carbocycles. The first-order chi connectivity index (χ1) is 36.4. The van der Waals surface area contributed by atoms with Crippen LogP contribution in [0.3, 0.4) is 0 Å². The van der Waals surface area contributed by atoms with Crippen molar-refractivity contribution in [3.63, 3.8) is 0 Å². The van der Waals surface area contributed by atoms with Gasteiger partial charge in [0.25, 0.3) is 5.91 Å². The summed E-state index contributed by atoms with van der Waals surface area (Å²) in [6.45, 7) is 20.4. The maximum absolute atomic E-state index is 15.3. The van der Waals surface area contributed by atoms with Crippen molar-refractivity contribution in [2.45, 2.75) is 182 Å². The number of nitrogens with one attached hydrogen (secondary N) is 3. The number of carbonyl (C=O) groups excluding carboxylic acids is 9. The molecule has 432 valence electrons. The third-order valence-corrected chi connectivity index (χ3v) is 15.3. The first-order valence-corrected chi connectivity index (χ1v) is 27.7. The van der Waals surface area contributed by atoms with E-state index in [2.05, 4.69) is 16.0 Å². The molecule has 0 unspecified atom stereocenters. The molecule has 10 atom stereocenters. The number of nitrogens with zero attached hydrogens (tertiary/aromatic N) is 5. The molecule has 2 aromatic rings. The number of hydrogen-bond donors (Lipinski definition) is 4. The molecule has 2 aliphatic rings. The van der Waals surface area contributed by atoms with Crippen LogP contribution in [0.2, 0.25) is 0 Å². The van der Waals surface area contributed by atoms with Crippen molar-refractivity contribution in [3.8, 4) is 0 Å². The van der Waals surface area contributed by atoms with Gasteiger partial charge in [-0.3, -0.25) is 38.4 Å². The van der Waals surface area contributed by atoms with Crippen molar-refractivity contribution < 1.29 is 53.0 Å². The first kappa shape index (κ1) is 64.2. The molecule has 0 radical (unpaired) electrons. The Labute approximate surface area is 462 Å². The van der Waals surface area contributed by atoms with Crippen LogP contribution >= 0.6 is 0 Å². The molecule has 0 aromatic heterocycles. The molecule has 4 N–H and O–H groups in total. The molecule has 2 saturated heterocycles. The van der Waals surface area contributed by atoms with E-state index < -0.39 is 137 Å². The molecular weight excluding hydrogens is 997 g/mol. The normalized spacial score (nSPS) is 26.3. The van der Waals surface area contributed by atoms with Gasteiger partial charge in [-0.25, -0.2) is 4.79 Å². The third-order valence-electron chi connectivity index (χ3n) is 15.3. The minimum absolute atomic E-state index is 0.00763. The zero-order valence-corrected chi connectivity index (χ0v) is 49.1. The molecule has 19 nitrogen and oxygen atoms in total. The molecule has 19 heteroatoms. The predicted octanol–water partition coefficient (Wildman–Crippen LogP) is 3.98. The highest BCUT2D eigenvalue weighted by Crippen LogP contribution is 2.27. The van der Waals surface area contributed by atoms with Crippen molar-refractivity contribution in [1.29, 1.82) is 0 Å². The molecule has 0 saturated carbocycles. The zero-order chi connectivity index (χ0) is 58.7. The number of cyclic esters (lactones) is 1. The molecule has 2 heterocycles. The average molecular weight is 1090 g/mol. The lowest BCUT2D eigenvalue weighted by Crippen LogP contribution is -2.63. The summed E-state index contributed by atoms with van der Waals surface area (Å²) in [5.74, 6) is -8.74. The minimum atomic E-state index is -1.97. The maximum atomic E-state index is 15.3. The van der Waals surface area contributed by atoms with Gasteiger partial charge in [-0.15, -0.1) is 0 Å². The monoisotopic (exact) mass is 1090 g/mol. The van der Waals surface area contributed by atoms with E-state index in [1.165, 1.54) is 61.6 Å². The van der Waals surface area contributed by atoms with E-state index in [0.29, 0.717) is 18.4 Å². The highest BCUT2D eigenvalue weighted by atomic mass is 16.6. The number of carbonyl (C=O) groups is 9. The smallest absolute Gasteiger partial charge is 0.332 e. The fourth-order valence-electron chi connectivity index (χ4n) is 10.8. The summed E-state index contributed by atoms with van der Waals surface area (Å²) in [5, 5.41) is 20.4. The highest BCUT2D eigenvalue weighted by Gasteiger charge is 2.48. The minimum Gasteiger partial charge on any atom is -0.450 e. The fraction of sp³-hybridized carbons (Fsp3) is 0.644. The summed E-state index contributed by atoms with van der Waals surface area (Å²) in [4.78, 5) is 140. The van der Waals surface area contributed by atoms with Gasteiger partial charge in [0.15, 0.2) is 12.1 Å². The van der Waals surface area contributed by atoms with E-state index in [0.717, 1.165) is 10.5 Å². The summed E-state index contributed by atoms with van der Waals surface area (Å²) in [6.07, 6.45) is -0.247. The van der Waals surface area contributed by atoms with Crippen LogP contribution in [0.5, 0.6) is 0 Å². The number of benzene rings is 2. The van der Waals surface area contributed by atoms with Crippen LogP contribution in [-0.2, 0) is 60.7 Å². The van der Waals surface area contributed by atoms with E-state index in [-0.39, 0.29) is 38.1 Å². The number of rotatable bonds is 12.